The number of aliphatic hydroxyl groups is 1. The number of fused-ring (bicyclic) bond motifs is 2. The minimum Gasteiger partial charge on any atom is -0.494 e. The van der Waals surface area contributed by atoms with E-state index in [-0.39, 0.29) is 24.3 Å². The topological polar surface area (TPSA) is 99.6 Å². The van der Waals surface area contributed by atoms with Gasteiger partial charge in [-0.1, -0.05) is 51.0 Å². The van der Waals surface area contributed by atoms with E-state index in [2.05, 4.69) is 6.92 Å². The first kappa shape index (κ1) is 30.3. The molecule has 1 aromatic rings. The molecule has 0 saturated carbocycles. The fourth-order valence-corrected chi connectivity index (χ4v) is 7.32. The molecule has 0 aromatic heterocycles. The van der Waals surface area contributed by atoms with Crippen molar-refractivity contribution in [2.24, 2.45) is 11.8 Å². The lowest BCUT2D eigenvalue weighted by molar-refractivity contribution is -0.152. The van der Waals surface area contributed by atoms with E-state index in [0.29, 0.717) is 52.0 Å². The van der Waals surface area contributed by atoms with Crippen LogP contribution in [0.25, 0.3) is 0 Å². The van der Waals surface area contributed by atoms with Gasteiger partial charge < -0.3 is 29.3 Å². The number of rotatable bonds is 12. The number of carbonyl (C=O) groups is 3. The quantitative estimate of drug-likeness (QED) is 0.300. The zero-order valence-corrected chi connectivity index (χ0v) is 25.2. The highest BCUT2D eigenvalue weighted by Gasteiger charge is 2.75. The Kier molecular flexibility index (Phi) is 9.08. The van der Waals surface area contributed by atoms with Crippen LogP contribution in [0.1, 0.15) is 59.3 Å². The molecule has 42 heavy (non-hydrogen) atoms. The maximum Gasteiger partial charge on any atom is 0.249 e. The minimum absolute atomic E-state index is 0.0106. The lowest BCUT2D eigenvalue weighted by atomic mass is 9.73. The Labute approximate surface area is 249 Å². The van der Waals surface area contributed by atoms with Crippen molar-refractivity contribution in [1.29, 1.82) is 0 Å². The van der Waals surface area contributed by atoms with Crippen LogP contribution in [0.4, 0.5) is 5.69 Å². The molecule has 9 nitrogen and oxygen atoms in total. The summed E-state index contributed by atoms with van der Waals surface area (Å²) in [6.07, 6.45) is 12.3. The van der Waals surface area contributed by atoms with Crippen LogP contribution in [0, 0.1) is 11.8 Å². The van der Waals surface area contributed by atoms with Gasteiger partial charge in [-0.2, -0.15) is 0 Å². The van der Waals surface area contributed by atoms with Crippen molar-refractivity contribution in [3.05, 3.63) is 48.6 Å². The fourth-order valence-electron chi connectivity index (χ4n) is 7.32. The molecule has 0 aliphatic carbocycles. The average molecular weight is 580 g/mol. The van der Waals surface area contributed by atoms with Crippen LogP contribution in [-0.2, 0) is 19.1 Å². The van der Waals surface area contributed by atoms with E-state index < -0.39 is 29.1 Å². The van der Waals surface area contributed by atoms with Gasteiger partial charge in [-0.05, 0) is 56.9 Å². The number of ether oxygens (including phenoxy) is 2. The fraction of sp³-hybridized carbons (Fsp3) is 0.606. The number of carbonyl (C=O) groups excluding carboxylic acids is 3. The summed E-state index contributed by atoms with van der Waals surface area (Å²) in [5.41, 5.74) is -1.55. The Morgan fingerprint density at radius 3 is 2.31 bits per heavy atom. The van der Waals surface area contributed by atoms with Gasteiger partial charge in [0, 0.05) is 38.5 Å². The third kappa shape index (κ3) is 5.04. The molecule has 3 amide bonds. The molecule has 5 atom stereocenters. The Morgan fingerprint density at radius 1 is 0.881 bits per heavy atom. The van der Waals surface area contributed by atoms with E-state index >= 15 is 0 Å². The Bertz CT molecular complexity index is 1210. The molecule has 0 radical (unpaired) electrons. The molecule has 4 heterocycles. The number of likely N-dealkylation sites (tertiary alicyclic amines) is 1. The van der Waals surface area contributed by atoms with Crippen molar-refractivity contribution in [3.63, 3.8) is 0 Å². The first-order valence-electron chi connectivity index (χ1n) is 15.7. The summed E-state index contributed by atoms with van der Waals surface area (Å²) >= 11 is 0. The normalized spacial score (nSPS) is 30.3. The molecule has 4 aliphatic rings. The number of hydrogen-bond donors (Lipinski definition) is 1. The van der Waals surface area contributed by atoms with Crippen molar-refractivity contribution in [2.45, 2.75) is 76.5 Å². The van der Waals surface area contributed by atoms with E-state index in [0.717, 1.165) is 30.7 Å². The number of aliphatic hydroxyl groups excluding tert-OH is 1. The van der Waals surface area contributed by atoms with E-state index in [4.69, 9.17) is 9.47 Å². The van der Waals surface area contributed by atoms with Crippen LogP contribution < -0.4 is 9.64 Å². The summed E-state index contributed by atoms with van der Waals surface area (Å²) in [4.78, 5) is 48.6. The van der Waals surface area contributed by atoms with E-state index in [1.165, 1.54) is 0 Å². The van der Waals surface area contributed by atoms with E-state index in [1.807, 2.05) is 67.3 Å². The standard InChI is InChI=1S/C33H45N3O6/c1-4-7-8-19-34-20-12-18-33-27(30(39)36(21-9-10-23-37)28(33)31(34)40)26-29(38)35(22-11-17-32(26,5-2)42-33)24-13-15-25(16-14-24)41-6-3/h11-18,26-28,37H,4-10,19-23H2,1-3H3/t26-,27+,28?,32+,33+/m1/s1. The highest BCUT2D eigenvalue weighted by Crippen LogP contribution is 2.58. The van der Waals surface area contributed by atoms with Crippen molar-refractivity contribution < 1.29 is 29.0 Å². The van der Waals surface area contributed by atoms with Gasteiger partial charge in [0.25, 0.3) is 0 Å². The summed E-state index contributed by atoms with van der Waals surface area (Å²) in [5.74, 6) is -1.44. The molecule has 2 saturated heterocycles. The number of unbranched alkanes of at least 4 members (excludes halogenated alkanes) is 3. The maximum absolute atomic E-state index is 14.6. The van der Waals surface area contributed by atoms with Crippen LogP contribution >= 0.6 is 0 Å². The van der Waals surface area contributed by atoms with Gasteiger partial charge in [0.15, 0.2) is 0 Å². The maximum atomic E-state index is 14.6. The number of hydrogen-bond acceptors (Lipinski definition) is 6. The number of benzene rings is 1. The van der Waals surface area contributed by atoms with Gasteiger partial charge in [-0.15, -0.1) is 0 Å². The van der Waals surface area contributed by atoms with Crippen molar-refractivity contribution in [1.82, 2.24) is 9.80 Å². The predicted octanol–water partition coefficient (Wildman–Crippen LogP) is 3.71. The largest absolute Gasteiger partial charge is 0.494 e. The molecule has 5 rings (SSSR count). The number of anilines is 1. The van der Waals surface area contributed by atoms with Gasteiger partial charge in [-0.3, -0.25) is 14.4 Å². The van der Waals surface area contributed by atoms with Gasteiger partial charge in [0.05, 0.1) is 24.0 Å². The molecular weight excluding hydrogens is 534 g/mol. The van der Waals surface area contributed by atoms with Gasteiger partial charge >= 0.3 is 0 Å². The van der Waals surface area contributed by atoms with Crippen molar-refractivity contribution in [3.8, 4) is 5.75 Å². The monoisotopic (exact) mass is 579 g/mol. The van der Waals surface area contributed by atoms with Gasteiger partial charge in [0.2, 0.25) is 17.7 Å². The smallest absolute Gasteiger partial charge is 0.249 e. The lowest BCUT2D eigenvalue weighted by Crippen LogP contribution is -2.56. The summed E-state index contributed by atoms with van der Waals surface area (Å²) in [7, 11) is 0. The van der Waals surface area contributed by atoms with E-state index in [9.17, 15) is 19.5 Å². The highest BCUT2D eigenvalue weighted by molar-refractivity contribution is 6.04. The highest BCUT2D eigenvalue weighted by atomic mass is 16.5. The predicted molar refractivity (Wildman–Crippen MR) is 160 cm³/mol. The third-order valence-electron chi connectivity index (χ3n) is 9.32. The van der Waals surface area contributed by atoms with Crippen LogP contribution in [0.2, 0.25) is 0 Å². The van der Waals surface area contributed by atoms with Crippen molar-refractivity contribution >= 4 is 23.4 Å². The SMILES string of the molecule is CCCCCN1CC=C[C@]23O[C@@]4(CC)C=CCN(c5ccc(OCC)cc5)C(=O)[C@H]4[C@H]2C(=O)N(CCCCO)C3C1=O. The van der Waals surface area contributed by atoms with Gasteiger partial charge in [-0.25, -0.2) is 0 Å². The summed E-state index contributed by atoms with van der Waals surface area (Å²) in [5, 5.41) is 9.45. The zero-order chi connectivity index (χ0) is 29.9. The lowest BCUT2D eigenvalue weighted by Gasteiger charge is -2.38. The average Bonchev–Trinajstić information content (AvgIpc) is 3.28. The van der Waals surface area contributed by atoms with Crippen LogP contribution in [0.5, 0.6) is 5.75 Å². The summed E-state index contributed by atoms with van der Waals surface area (Å²) in [6, 6.07) is 6.57. The Balaban J connectivity index is 1.56. The molecule has 1 N–H and O–H groups in total. The molecule has 1 aromatic carbocycles. The molecule has 4 aliphatic heterocycles. The third-order valence-corrected chi connectivity index (χ3v) is 9.32. The first-order chi connectivity index (χ1) is 20.4. The van der Waals surface area contributed by atoms with Gasteiger partial charge in [0.1, 0.15) is 17.4 Å². The van der Waals surface area contributed by atoms with E-state index in [1.54, 1.807) is 9.80 Å². The second kappa shape index (κ2) is 12.6. The number of nitrogens with zero attached hydrogens (tertiary/aromatic N) is 3. The first-order valence-corrected chi connectivity index (χ1v) is 15.7. The Morgan fingerprint density at radius 2 is 1.62 bits per heavy atom. The Hall–Kier alpha value is -3.17. The zero-order valence-electron chi connectivity index (χ0n) is 25.2. The molecule has 2 fully saturated rings. The second-order valence-electron chi connectivity index (χ2n) is 11.8. The van der Waals surface area contributed by atoms with Crippen LogP contribution in [0.15, 0.2) is 48.6 Å². The van der Waals surface area contributed by atoms with Crippen LogP contribution in [0.3, 0.4) is 0 Å². The molecule has 1 spiro atoms. The summed E-state index contributed by atoms with van der Waals surface area (Å²) < 4.78 is 12.6. The molecular formula is C33H45N3O6. The minimum atomic E-state index is -1.25. The molecule has 9 heteroatoms. The summed E-state index contributed by atoms with van der Waals surface area (Å²) in [6.45, 7) is 8.33. The molecule has 1 unspecified atom stereocenters. The second-order valence-corrected chi connectivity index (χ2v) is 11.8. The molecule has 228 valence electrons. The number of amides is 3. The van der Waals surface area contributed by atoms with Crippen molar-refractivity contribution in [2.75, 3.05) is 44.3 Å². The molecule has 0 bridgehead atoms. The van der Waals surface area contributed by atoms with Crippen LogP contribution in [-0.4, -0.2) is 89.3 Å².